The van der Waals surface area contributed by atoms with Crippen LogP contribution in [0.5, 0.6) is 0 Å². The van der Waals surface area contributed by atoms with Gasteiger partial charge < -0.3 is 14.3 Å². The maximum atomic E-state index is 11.6. The number of rotatable bonds is 7. The van der Waals surface area contributed by atoms with Crippen molar-refractivity contribution in [1.29, 1.82) is 0 Å². The quantitative estimate of drug-likeness (QED) is 0.738. The van der Waals surface area contributed by atoms with Gasteiger partial charge in [0.25, 0.3) is 0 Å². The van der Waals surface area contributed by atoms with Crippen molar-refractivity contribution in [2.24, 2.45) is 0 Å². The molecule has 1 aromatic rings. The van der Waals surface area contributed by atoms with Gasteiger partial charge in [0.2, 0.25) is 5.76 Å². The van der Waals surface area contributed by atoms with Crippen LogP contribution in [-0.2, 0) is 15.5 Å². The Morgan fingerprint density at radius 3 is 2.88 bits per heavy atom. The summed E-state index contributed by atoms with van der Waals surface area (Å²) in [4.78, 5) is 10.5. The highest BCUT2D eigenvalue weighted by atomic mass is 32.2. The minimum atomic E-state index is -1.29. The van der Waals surface area contributed by atoms with Crippen molar-refractivity contribution in [2.75, 3.05) is 19.0 Å². The number of ether oxygens (including phenoxy) is 1. The maximum absolute atomic E-state index is 11.6. The van der Waals surface area contributed by atoms with Gasteiger partial charge >= 0.3 is 5.97 Å². The summed E-state index contributed by atoms with van der Waals surface area (Å²) < 4.78 is 21.6. The number of hydrogen-bond donors (Lipinski definition) is 1. The molecule has 6 heteroatoms. The Kier molecular flexibility index (Phi) is 5.21. The van der Waals surface area contributed by atoms with Crippen LogP contribution >= 0.6 is 0 Å². The summed E-state index contributed by atoms with van der Waals surface area (Å²) in [5.41, 5.74) is 0. The molecule has 16 heavy (non-hydrogen) atoms. The SMILES string of the molecule is CCOCCCS(=O)c1ccc(C(=O)O)o1. The zero-order chi connectivity index (χ0) is 12.0. The van der Waals surface area contributed by atoms with Crippen LogP contribution in [0.3, 0.4) is 0 Å². The smallest absolute Gasteiger partial charge is 0.371 e. The third-order valence-corrected chi connectivity index (χ3v) is 3.17. The number of furan rings is 1. The van der Waals surface area contributed by atoms with Crippen molar-refractivity contribution < 1.29 is 23.3 Å². The first-order valence-corrected chi connectivity index (χ1v) is 6.26. The second kappa shape index (κ2) is 6.44. The van der Waals surface area contributed by atoms with Crippen LogP contribution in [0.25, 0.3) is 0 Å². The van der Waals surface area contributed by atoms with Gasteiger partial charge in [0.15, 0.2) is 5.09 Å². The predicted octanol–water partition coefficient (Wildman–Crippen LogP) is 1.51. The van der Waals surface area contributed by atoms with Crippen molar-refractivity contribution >= 4 is 16.8 Å². The largest absolute Gasteiger partial charge is 0.475 e. The molecule has 1 unspecified atom stereocenters. The summed E-state index contributed by atoms with van der Waals surface area (Å²) in [6, 6.07) is 2.73. The van der Waals surface area contributed by atoms with E-state index in [1.54, 1.807) is 0 Å². The summed E-state index contributed by atoms with van der Waals surface area (Å²) in [6.45, 7) is 3.08. The number of aromatic carboxylic acids is 1. The monoisotopic (exact) mass is 246 g/mol. The minimum absolute atomic E-state index is 0.187. The molecule has 0 bridgehead atoms. The highest BCUT2D eigenvalue weighted by molar-refractivity contribution is 7.84. The lowest BCUT2D eigenvalue weighted by Gasteiger charge is -1.99. The van der Waals surface area contributed by atoms with Crippen LogP contribution < -0.4 is 0 Å². The molecule has 90 valence electrons. The molecule has 0 amide bonds. The minimum Gasteiger partial charge on any atom is -0.475 e. The Morgan fingerprint density at radius 1 is 1.56 bits per heavy atom. The average molecular weight is 246 g/mol. The zero-order valence-corrected chi connectivity index (χ0v) is 9.79. The van der Waals surface area contributed by atoms with Crippen molar-refractivity contribution in [1.82, 2.24) is 0 Å². The highest BCUT2D eigenvalue weighted by Gasteiger charge is 2.13. The summed E-state index contributed by atoms with van der Waals surface area (Å²) in [7, 11) is -1.29. The molecule has 0 aliphatic heterocycles. The molecule has 0 fully saturated rings. The predicted molar refractivity (Wildman–Crippen MR) is 58.1 cm³/mol. The van der Waals surface area contributed by atoms with Gasteiger partial charge in [0.1, 0.15) is 0 Å². The zero-order valence-electron chi connectivity index (χ0n) is 8.97. The Balaban J connectivity index is 2.43. The number of hydrogen-bond acceptors (Lipinski definition) is 4. The standard InChI is InChI=1S/C10H14O5S/c1-2-14-6-3-7-16(13)9-5-4-8(15-9)10(11)12/h4-5H,2-3,6-7H2,1H3,(H,11,12). The van der Waals surface area contributed by atoms with Crippen LogP contribution in [0.4, 0.5) is 0 Å². The van der Waals surface area contributed by atoms with E-state index in [2.05, 4.69) is 0 Å². The fourth-order valence-electron chi connectivity index (χ4n) is 1.09. The van der Waals surface area contributed by atoms with Gasteiger partial charge in [-0.1, -0.05) is 0 Å². The van der Waals surface area contributed by atoms with Crippen LogP contribution in [0.1, 0.15) is 23.9 Å². The normalized spacial score (nSPS) is 12.6. The molecule has 1 atom stereocenters. The Morgan fingerprint density at radius 2 is 2.31 bits per heavy atom. The van der Waals surface area contributed by atoms with E-state index in [0.29, 0.717) is 25.4 Å². The maximum Gasteiger partial charge on any atom is 0.371 e. The molecule has 0 saturated heterocycles. The molecule has 0 aromatic carbocycles. The van der Waals surface area contributed by atoms with E-state index >= 15 is 0 Å². The molecule has 1 rings (SSSR count). The summed E-state index contributed by atoms with van der Waals surface area (Å²) in [5.74, 6) is -0.933. The number of carboxylic acid groups (broad SMARTS) is 1. The molecule has 0 saturated carbocycles. The van der Waals surface area contributed by atoms with Crippen molar-refractivity contribution in [2.45, 2.75) is 18.4 Å². The van der Waals surface area contributed by atoms with E-state index in [-0.39, 0.29) is 10.9 Å². The summed E-state index contributed by atoms with van der Waals surface area (Å²) in [6.07, 6.45) is 0.656. The lowest BCUT2D eigenvalue weighted by atomic mass is 10.5. The molecule has 0 aliphatic carbocycles. The molecular formula is C10H14O5S. The topological polar surface area (TPSA) is 76.7 Å². The fourth-order valence-corrected chi connectivity index (χ4v) is 2.08. The number of carboxylic acids is 1. The van der Waals surface area contributed by atoms with Gasteiger partial charge in [0.05, 0.1) is 10.8 Å². The van der Waals surface area contributed by atoms with Gasteiger partial charge in [-0.2, -0.15) is 0 Å². The van der Waals surface area contributed by atoms with Crippen LogP contribution in [0, 0.1) is 0 Å². The Labute approximate surface area is 95.9 Å². The molecular weight excluding hydrogens is 232 g/mol. The Hall–Kier alpha value is -1.14. The second-order valence-corrected chi connectivity index (χ2v) is 4.53. The van der Waals surface area contributed by atoms with E-state index in [4.69, 9.17) is 14.3 Å². The third-order valence-electron chi connectivity index (χ3n) is 1.84. The van der Waals surface area contributed by atoms with Crippen LogP contribution in [0.2, 0.25) is 0 Å². The first-order chi connectivity index (χ1) is 7.65. The van der Waals surface area contributed by atoms with Gasteiger partial charge in [-0.3, -0.25) is 4.21 Å². The van der Waals surface area contributed by atoms with Gasteiger partial charge in [-0.25, -0.2) is 4.79 Å². The summed E-state index contributed by atoms with van der Waals surface area (Å²) >= 11 is 0. The molecule has 1 N–H and O–H groups in total. The van der Waals surface area contributed by atoms with Crippen molar-refractivity contribution in [3.05, 3.63) is 17.9 Å². The molecule has 1 aromatic heterocycles. The lowest BCUT2D eigenvalue weighted by molar-refractivity contribution is 0.0656. The first kappa shape index (κ1) is 12.9. The molecule has 1 heterocycles. The molecule has 0 radical (unpaired) electrons. The fraction of sp³-hybridized carbons (Fsp3) is 0.500. The molecule has 5 nitrogen and oxygen atoms in total. The first-order valence-electron chi connectivity index (χ1n) is 4.94. The van der Waals surface area contributed by atoms with Crippen molar-refractivity contribution in [3.63, 3.8) is 0 Å². The van der Waals surface area contributed by atoms with Gasteiger partial charge in [-0.15, -0.1) is 0 Å². The van der Waals surface area contributed by atoms with E-state index in [1.165, 1.54) is 12.1 Å². The van der Waals surface area contributed by atoms with E-state index in [0.717, 1.165) is 0 Å². The average Bonchev–Trinajstić information content (AvgIpc) is 2.73. The van der Waals surface area contributed by atoms with Crippen LogP contribution in [0.15, 0.2) is 21.6 Å². The number of carbonyl (C=O) groups is 1. The van der Waals surface area contributed by atoms with E-state index in [9.17, 15) is 9.00 Å². The van der Waals surface area contributed by atoms with Gasteiger partial charge in [0, 0.05) is 19.0 Å². The van der Waals surface area contributed by atoms with Crippen molar-refractivity contribution in [3.8, 4) is 0 Å². The highest BCUT2D eigenvalue weighted by Crippen LogP contribution is 2.12. The molecule has 0 spiro atoms. The van der Waals surface area contributed by atoms with E-state index < -0.39 is 16.8 Å². The Bertz CT molecular complexity index is 371. The molecule has 0 aliphatic rings. The summed E-state index contributed by atoms with van der Waals surface area (Å²) in [5, 5.41) is 8.82. The second-order valence-electron chi connectivity index (χ2n) is 3.02. The third kappa shape index (κ3) is 3.79. The van der Waals surface area contributed by atoms with E-state index in [1.807, 2.05) is 6.92 Å². The van der Waals surface area contributed by atoms with Crippen LogP contribution in [-0.4, -0.2) is 34.3 Å². The lowest BCUT2D eigenvalue weighted by Crippen LogP contribution is -2.02. The van der Waals surface area contributed by atoms with Gasteiger partial charge in [-0.05, 0) is 25.5 Å².